The van der Waals surface area contributed by atoms with E-state index in [1.807, 2.05) is 11.8 Å². The van der Waals surface area contributed by atoms with Crippen LogP contribution in [0.1, 0.15) is 30.1 Å². The summed E-state index contributed by atoms with van der Waals surface area (Å²) in [6.07, 6.45) is 1.43. The molecule has 1 heterocycles. The van der Waals surface area contributed by atoms with E-state index in [2.05, 4.69) is 0 Å². The molecule has 1 aliphatic rings. The van der Waals surface area contributed by atoms with Gasteiger partial charge in [-0.05, 0) is 6.42 Å². The second-order valence-corrected chi connectivity index (χ2v) is 6.42. The van der Waals surface area contributed by atoms with Crippen LogP contribution in [-0.2, 0) is 4.74 Å². The van der Waals surface area contributed by atoms with Crippen LogP contribution in [0.3, 0.4) is 0 Å². The molecule has 0 atom stereocenters. The third kappa shape index (κ3) is 6.24. The van der Waals surface area contributed by atoms with Crippen molar-refractivity contribution in [2.24, 2.45) is 0 Å². The summed E-state index contributed by atoms with van der Waals surface area (Å²) in [5.74, 6) is -0.820. The Morgan fingerprint density at radius 3 is 2.14 bits per heavy atom. The van der Waals surface area contributed by atoms with E-state index >= 15 is 0 Å². The molecule has 0 saturated carbocycles. The van der Waals surface area contributed by atoms with Crippen molar-refractivity contribution in [2.75, 3.05) is 50.8 Å². The van der Waals surface area contributed by atoms with Crippen LogP contribution >= 0.6 is 12.4 Å². The van der Waals surface area contributed by atoms with Crippen LogP contribution in [0.2, 0.25) is 0 Å². The maximum absolute atomic E-state index is 12.2. The number of aliphatic hydroxyl groups is 1. The molecular weight excluding hydrogens is 408 g/mol. The molecular formula is C17H25ClN4O7. The summed E-state index contributed by atoms with van der Waals surface area (Å²) in [4.78, 5) is 37.5. The first-order valence-corrected chi connectivity index (χ1v) is 9.11. The molecule has 11 nitrogen and oxygen atoms in total. The first kappa shape index (κ1) is 24.5. The van der Waals surface area contributed by atoms with Gasteiger partial charge in [0.2, 0.25) is 0 Å². The standard InChI is InChI=1S/C17H24N4O7.ClH/c1-2-3-10-28-17(23)13-11-14(20(24)25)16(15(12-13)21(26)27)19-6-4-18(5-7-19)8-9-22;/h11-12,22H,2-10H2,1H3;1H. The molecule has 0 bridgehead atoms. The van der Waals surface area contributed by atoms with E-state index in [9.17, 15) is 25.0 Å². The highest BCUT2D eigenvalue weighted by molar-refractivity contribution is 5.94. The van der Waals surface area contributed by atoms with Crippen LogP contribution in [0.25, 0.3) is 0 Å². The number of nitro groups is 2. The average Bonchev–Trinajstić information content (AvgIpc) is 2.67. The highest BCUT2D eigenvalue weighted by atomic mass is 35.5. The Labute approximate surface area is 173 Å². The second-order valence-electron chi connectivity index (χ2n) is 6.42. The SMILES string of the molecule is CCCCOC(=O)c1cc([N+](=O)[O-])c(N2CCN(CCO)CC2)c([N+](=O)[O-])c1.Cl. The van der Waals surface area contributed by atoms with E-state index in [-0.39, 0.29) is 36.9 Å². The highest BCUT2D eigenvalue weighted by Gasteiger charge is 2.34. The zero-order valence-electron chi connectivity index (χ0n) is 16.1. The Morgan fingerprint density at radius 2 is 1.69 bits per heavy atom. The molecule has 29 heavy (non-hydrogen) atoms. The third-order valence-electron chi connectivity index (χ3n) is 4.53. The summed E-state index contributed by atoms with van der Waals surface area (Å²) in [6.45, 7) is 4.22. The third-order valence-corrected chi connectivity index (χ3v) is 4.53. The van der Waals surface area contributed by atoms with E-state index in [1.54, 1.807) is 4.90 Å². The first-order chi connectivity index (χ1) is 13.4. The topological polar surface area (TPSA) is 139 Å². The van der Waals surface area contributed by atoms with E-state index in [0.717, 1.165) is 18.6 Å². The summed E-state index contributed by atoms with van der Waals surface area (Å²) in [6, 6.07) is 2.08. The van der Waals surface area contributed by atoms with E-state index < -0.39 is 27.2 Å². The lowest BCUT2D eigenvalue weighted by Crippen LogP contribution is -2.47. The van der Waals surface area contributed by atoms with Gasteiger partial charge in [0.1, 0.15) is 0 Å². The number of β-amino-alcohol motifs (C(OH)–C–C–N with tert-alkyl or cyclic N) is 1. The van der Waals surface area contributed by atoms with Crippen molar-refractivity contribution in [3.05, 3.63) is 37.9 Å². The lowest BCUT2D eigenvalue weighted by molar-refractivity contribution is -0.392. The molecule has 1 N–H and O–H groups in total. The van der Waals surface area contributed by atoms with Crippen LogP contribution < -0.4 is 4.90 Å². The zero-order chi connectivity index (χ0) is 20.7. The molecule has 1 fully saturated rings. The van der Waals surface area contributed by atoms with Gasteiger partial charge >= 0.3 is 17.3 Å². The van der Waals surface area contributed by atoms with Crippen LogP contribution in [0.4, 0.5) is 17.1 Å². The van der Waals surface area contributed by atoms with Gasteiger partial charge in [-0.1, -0.05) is 13.3 Å². The number of piperazine rings is 1. The van der Waals surface area contributed by atoms with Gasteiger partial charge in [0, 0.05) is 44.9 Å². The van der Waals surface area contributed by atoms with Gasteiger partial charge in [-0.25, -0.2) is 4.79 Å². The summed E-state index contributed by atoms with van der Waals surface area (Å²) in [5, 5.41) is 32.2. The van der Waals surface area contributed by atoms with Crippen LogP contribution in [0.5, 0.6) is 0 Å². The van der Waals surface area contributed by atoms with Crippen molar-refractivity contribution >= 4 is 35.4 Å². The Morgan fingerprint density at radius 1 is 1.14 bits per heavy atom. The molecule has 2 rings (SSSR count). The summed E-state index contributed by atoms with van der Waals surface area (Å²) < 4.78 is 5.04. The van der Waals surface area contributed by atoms with Gasteiger partial charge in [0.05, 0.1) is 28.6 Å². The molecule has 1 aliphatic heterocycles. The van der Waals surface area contributed by atoms with E-state index in [4.69, 9.17) is 9.84 Å². The van der Waals surface area contributed by atoms with Gasteiger partial charge < -0.3 is 14.7 Å². The van der Waals surface area contributed by atoms with Crippen molar-refractivity contribution in [2.45, 2.75) is 19.8 Å². The second kappa shape index (κ2) is 11.5. The summed E-state index contributed by atoms with van der Waals surface area (Å²) in [7, 11) is 0. The molecule has 1 aromatic rings. The number of hydrogen-bond donors (Lipinski definition) is 1. The van der Waals surface area contributed by atoms with Crippen molar-refractivity contribution in [1.29, 1.82) is 0 Å². The van der Waals surface area contributed by atoms with Gasteiger partial charge in [0.15, 0.2) is 5.69 Å². The summed E-state index contributed by atoms with van der Waals surface area (Å²) >= 11 is 0. The number of nitro benzene ring substituents is 2. The van der Waals surface area contributed by atoms with Crippen molar-refractivity contribution < 1.29 is 24.5 Å². The molecule has 0 unspecified atom stereocenters. The Bertz CT molecular complexity index is 703. The lowest BCUT2D eigenvalue weighted by Gasteiger charge is -2.35. The van der Waals surface area contributed by atoms with Crippen LogP contribution in [0.15, 0.2) is 12.1 Å². The Kier molecular flexibility index (Phi) is 9.72. The number of unbranched alkanes of at least 4 members (excludes halogenated alkanes) is 1. The molecule has 0 amide bonds. The fourth-order valence-corrected chi connectivity index (χ4v) is 3.05. The van der Waals surface area contributed by atoms with Gasteiger partial charge in [-0.2, -0.15) is 0 Å². The Balaban J connectivity index is 0.00000420. The fraction of sp³-hybridized carbons (Fsp3) is 0.588. The number of carbonyl (C=O) groups excluding carboxylic acids is 1. The molecule has 162 valence electrons. The number of benzene rings is 1. The number of rotatable bonds is 9. The number of anilines is 1. The largest absolute Gasteiger partial charge is 0.462 e. The number of esters is 1. The first-order valence-electron chi connectivity index (χ1n) is 9.11. The van der Waals surface area contributed by atoms with Crippen LogP contribution in [-0.4, -0.2) is 71.8 Å². The molecule has 1 aromatic carbocycles. The van der Waals surface area contributed by atoms with Crippen molar-refractivity contribution in [3.63, 3.8) is 0 Å². The fourth-order valence-electron chi connectivity index (χ4n) is 3.05. The molecule has 0 aromatic heterocycles. The predicted molar refractivity (Wildman–Crippen MR) is 108 cm³/mol. The minimum atomic E-state index is -0.820. The van der Waals surface area contributed by atoms with Gasteiger partial charge in [-0.3, -0.25) is 25.1 Å². The molecule has 0 spiro atoms. The minimum Gasteiger partial charge on any atom is -0.462 e. The maximum atomic E-state index is 12.2. The average molecular weight is 433 g/mol. The smallest absolute Gasteiger partial charge is 0.338 e. The van der Waals surface area contributed by atoms with Gasteiger partial charge in [0.25, 0.3) is 0 Å². The number of nitrogens with zero attached hydrogens (tertiary/aromatic N) is 4. The van der Waals surface area contributed by atoms with E-state index in [0.29, 0.717) is 39.1 Å². The lowest BCUT2D eigenvalue weighted by atomic mass is 10.1. The Hall–Kier alpha value is -2.50. The number of aliphatic hydroxyl groups excluding tert-OH is 1. The number of halogens is 1. The van der Waals surface area contributed by atoms with E-state index in [1.165, 1.54) is 0 Å². The molecule has 12 heteroatoms. The van der Waals surface area contributed by atoms with Crippen LogP contribution in [0, 0.1) is 20.2 Å². The van der Waals surface area contributed by atoms with Crippen molar-refractivity contribution in [1.82, 2.24) is 4.90 Å². The normalized spacial score (nSPS) is 14.2. The molecule has 0 aliphatic carbocycles. The predicted octanol–water partition coefficient (Wildman–Crippen LogP) is 2.00. The van der Waals surface area contributed by atoms with Gasteiger partial charge in [-0.15, -0.1) is 12.4 Å². The minimum absolute atomic E-state index is 0. The number of hydrogen-bond acceptors (Lipinski definition) is 9. The molecule has 1 saturated heterocycles. The van der Waals surface area contributed by atoms with Crippen molar-refractivity contribution in [3.8, 4) is 0 Å². The zero-order valence-corrected chi connectivity index (χ0v) is 16.9. The maximum Gasteiger partial charge on any atom is 0.338 e. The number of carbonyl (C=O) groups is 1. The number of ether oxygens (including phenoxy) is 1. The summed E-state index contributed by atoms with van der Waals surface area (Å²) in [5.41, 5.74) is -1.31. The monoisotopic (exact) mass is 432 g/mol. The molecule has 0 radical (unpaired) electrons. The quantitative estimate of drug-likeness (QED) is 0.268. The highest BCUT2D eigenvalue weighted by Crippen LogP contribution is 2.39.